The van der Waals surface area contributed by atoms with Gasteiger partial charge < -0.3 is 4.90 Å². The molecule has 1 aromatic heterocycles. The number of nitrogens with zero attached hydrogens (tertiary/aromatic N) is 3. The van der Waals surface area contributed by atoms with E-state index in [1.54, 1.807) is 18.2 Å². The first-order chi connectivity index (χ1) is 10.3. The Balaban J connectivity index is 2.00. The number of halogens is 1. The van der Waals surface area contributed by atoms with Gasteiger partial charge in [-0.05, 0) is 32.0 Å². The van der Waals surface area contributed by atoms with Crippen molar-refractivity contribution in [3.63, 3.8) is 0 Å². The molecule has 0 bridgehead atoms. The van der Waals surface area contributed by atoms with Gasteiger partial charge in [0, 0.05) is 18.7 Å². The first kappa shape index (κ1) is 14.8. The number of rotatable bonds is 2. The van der Waals surface area contributed by atoms with Crippen LogP contribution in [0.3, 0.4) is 0 Å². The van der Waals surface area contributed by atoms with E-state index in [1.165, 1.54) is 4.90 Å². The average Bonchev–Trinajstić information content (AvgIpc) is 2.82. The molecule has 6 nitrogen and oxygen atoms in total. The van der Waals surface area contributed by atoms with E-state index in [9.17, 15) is 17.1 Å². The summed E-state index contributed by atoms with van der Waals surface area (Å²) in [7, 11) is -4.72. The molecule has 22 heavy (non-hydrogen) atoms. The summed E-state index contributed by atoms with van der Waals surface area (Å²) in [4.78, 5) is 22.0. The summed E-state index contributed by atoms with van der Waals surface area (Å²) in [5, 5.41) is -1.30. The van der Waals surface area contributed by atoms with E-state index >= 15 is 0 Å². The molecule has 1 aliphatic rings. The van der Waals surface area contributed by atoms with Gasteiger partial charge in [0.15, 0.2) is 0 Å². The summed E-state index contributed by atoms with van der Waals surface area (Å²) >= 11 is 0. The summed E-state index contributed by atoms with van der Waals surface area (Å²) in [5.74, 6) is -0.414. The number of fused-ring (bicyclic) bond motifs is 1. The maximum absolute atomic E-state index is 13.1. The van der Waals surface area contributed by atoms with Crippen LogP contribution in [0.15, 0.2) is 18.2 Å². The molecule has 1 amide bonds. The number of hydrogen-bond donors (Lipinski definition) is 0. The number of hydrogen-bond acceptors (Lipinski definition) is 5. The largest absolute Gasteiger partial charge is 0.311 e. The lowest BCUT2D eigenvalue weighted by atomic mass is 10.2. The molecule has 0 saturated carbocycles. The van der Waals surface area contributed by atoms with Crippen molar-refractivity contribution in [2.45, 2.75) is 25.5 Å². The van der Waals surface area contributed by atoms with Gasteiger partial charge in [0.1, 0.15) is 5.25 Å². The molecular weight excluding hydrogens is 309 g/mol. The monoisotopic (exact) mass is 323 g/mol. The van der Waals surface area contributed by atoms with Gasteiger partial charge in [0.05, 0.1) is 22.4 Å². The normalized spacial score (nSPS) is 19.1. The number of carbonyl (C=O) groups excluding carboxylic acids is 1. The van der Waals surface area contributed by atoms with Crippen LogP contribution >= 0.6 is 0 Å². The van der Waals surface area contributed by atoms with Gasteiger partial charge in [-0.3, -0.25) is 4.79 Å². The van der Waals surface area contributed by atoms with Crippen LogP contribution < -0.4 is 4.90 Å². The van der Waals surface area contributed by atoms with Crippen LogP contribution in [0.1, 0.15) is 17.8 Å². The van der Waals surface area contributed by atoms with Crippen LogP contribution in [-0.2, 0) is 15.0 Å². The van der Waals surface area contributed by atoms with E-state index in [2.05, 4.69) is 9.97 Å². The van der Waals surface area contributed by atoms with Gasteiger partial charge in [0.2, 0.25) is 5.91 Å². The second-order valence-electron chi connectivity index (χ2n) is 5.37. The summed E-state index contributed by atoms with van der Waals surface area (Å²) < 4.78 is 35.0. The number of amides is 1. The number of benzene rings is 1. The molecule has 1 aromatic carbocycles. The lowest BCUT2D eigenvalue weighted by molar-refractivity contribution is -0.117. The second kappa shape index (κ2) is 4.98. The predicted molar refractivity (Wildman–Crippen MR) is 79.8 cm³/mol. The third kappa shape index (κ3) is 2.54. The highest BCUT2D eigenvalue weighted by atomic mass is 32.3. The van der Waals surface area contributed by atoms with Gasteiger partial charge in [-0.15, -0.1) is 3.89 Å². The molecule has 0 N–H and O–H groups in total. The fourth-order valence-corrected chi connectivity index (χ4v) is 3.17. The highest BCUT2D eigenvalue weighted by Gasteiger charge is 2.39. The minimum Gasteiger partial charge on any atom is -0.311 e. The van der Waals surface area contributed by atoms with E-state index in [-0.39, 0.29) is 13.0 Å². The molecule has 1 fully saturated rings. The Labute approximate surface area is 127 Å². The van der Waals surface area contributed by atoms with Gasteiger partial charge in [0.25, 0.3) is 0 Å². The summed E-state index contributed by atoms with van der Waals surface area (Å²) in [5.41, 5.74) is 3.40. The van der Waals surface area contributed by atoms with Crippen molar-refractivity contribution in [2.75, 3.05) is 11.4 Å². The molecule has 2 heterocycles. The third-order valence-corrected chi connectivity index (χ3v) is 4.97. The lowest BCUT2D eigenvalue weighted by Gasteiger charge is -2.16. The highest BCUT2D eigenvalue weighted by Crippen LogP contribution is 2.28. The van der Waals surface area contributed by atoms with E-state index in [4.69, 9.17) is 0 Å². The molecule has 3 rings (SSSR count). The predicted octanol–water partition coefficient (Wildman–Crippen LogP) is 1.65. The third-order valence-electron chi connectivity index (χ3n) is 3.86. The molecule has 8 heteroatoms. The van der Waals surface area contributed by atoms with Crippen molar-refractivity contribution < 1.29 is 17.1 Å². The Bertz CT molecular complexity index is 882. The van der Waals surface area contributed by atoms with Crippen LogP contribution in [-0.4, -0.2) is 36.1 Å². The average molecular weight is 323 g/mol. The first-order valence-corrected chi connectivity index (χ1v) is 8.19. The van der Waals surface area contributed by atoms with Crippen LogP contribution in [0.5, 0.6) is 0 Å². The summed E-state index contributed by atoms with van der Waals surface area (Å²) in [6, 6.07) is 5.05. The Kier molecular flexibility index (Phi) is 3.36. The number of aromatic nitrogens is 2. The topological polar surface area (TPSA) is 80.2 Å². The molecular formula is C14H14FN3O3S. The van der Waals surface area contributed by atoms with Gasteiger partial charge >= 0.3 is 10.2 Å². The van der Waals surface area contributed by atoms with Crippen molar-refractivity contribution in [1.82, 2.24) is 9.97 Å². The van der Waals surface area contributed by atoms with Crippen molar-refractivity contribution in [1.29, 1.82) is 0 Å². The summed E-state index contributed by atoms with van der Waals surface area (Å²) in [6.45, 7) is 3.51. The molecule has 0 spiro atoms. The minimum atomic E-state index is -4.72. The molecule has 0 aliphatic carbocycles. The maximum Gasteiger partial charge on any atom is 0.307 e. The second-order valence-corrected chi connectivity index (χ2v) is 6.99. The van der Waals surface area contributed by atoms with Crippen LogP contribution in [0, 0.1) is 13.8 Å². The Morgan fingerprint density at radius 1 is 1.18 bits per heavy atom. The first-order valence-electron chi connectivity index (χ1n) is 6.74. The fourth-order valence-electron chi connectivity index (χ4n) is 2.50. The smallest absolute Gasteiger partial charge is 0.307 e. The van der Waals surface area contributed by atoms with E-state index in [0.717, 1.165) is 11.4 Å². The Morgan fingerprint density at radius 2 is 1.82 bits per heavy atom. The van der Waals surface area contributed by atoms with Gasteiger partial charge in [-0.2, -0.15) is 8.42 Å². The standard InChI is InChI=1S/C14H14FN3O3S/c1-8-9(2)17-13-5-10(3-4-12(13)16-8)18-7-11(6-14(18)19)22(15,20)21/h3-5,11H,6-7H2,1-2H3. The number of carbonyl (C=O) groups is 1. The van der Waals surface area contributed by atoms with E-state index < -0.39 is 21.4 Å². The fraction of sp³-hybridized carbons (Fsp3) is 0.357. The van der Waals surface area contributed by atoms with Crippen molar-refractivity contribution in [3.8, 4) is 0 Å². The van der Waals surface area contributed by atoms with Crippen molar-refractivity contribution in [2.24, 2.45) is 0 Å². The number of anilines is 1. The molecule has 1 atom stereocenters. The van der Waals surface area contributed by atoms with Gasteiger partial charge in [-0.1, -0.05) is 0 Å². The zero-order valence-electron chi connectivity index (χ0n) is 12.1. The highest BCUT2D eigenvalue weighted by molar-refractivity contribution is 7.87. The van der Waals surface area contributed by atoms with E-state index in [0.29, 0.717) is 16.7 Å². The van der Waals surface area contributed by atoms with Crippen LogP contribution in [0.25, 0.3) is 11.0 Å². The summed E-state index contributed by atoms with van der Waals surface area (Å²) in [6.07, 6.45) is -0.338. The number of aryl methyl sites for hydroxylation is 2. The zero-order valence-corrected chi connectivity index (χ0v) is 12.9. The van der Waals surface area contributed by atoms with Crippen molar-refractivity contribution in [3.05, 3.63) is 29.6 Å². The molecule has 116 valence electrons. The Hall–Kier alpha value is -2.09. The minimum absolute atomic E-state index is 0.179. The Morgan fingerprint density at radius 3 is 2.41 bits per heavy atom. The molecule has 2 aromatic rings. The zero-order chi connectivity index (χ0) is 16.1. The molecule has 0 radical (unpaired) electrons. The van der Waals surface area contributed by atoms with E-state index in [1.807, 2.05) is 13.8 Å². The quantitative estimate of drug-likeness (QED) is 0.785. The molecule has 1 aliphatic heterocycles. The SMILES string of the molecule is Cc1nc2ccc(N3CC(S(=O)(=O)F)CC3=O)cc2nc1C. The van der Waals surface area contributed by atoms with Crippen LogP contribution in [0.4, 0.5) is 9.57 Å². The van der Waals surface area contributed by atoms with Gasteiger partial charge in [-0.25, -0.2) is 9.97 Å². The maximum atomic E-state index is 13.1. The molecule has 1 saturated heterocycles. The van der Waals surface area contributed by atoms with Crippen molar-refractivity contribution >= 4 is 32.9 Å². The lowest BCUT2D eigenvalue weighted by Crippen LogP contribution is -2.26. The van der Waals surface area contributed by atoms with Crippen LogP contribution in [0.2, 0.25) is 0 Å². The molecule has 1 unspecified atom stereocenters.